The summed E-state index contributed by atoms with van der Waals surface area (Å²) in [6, 6.07) is 37.7. The van der Waals surface area contributed by atoms with Crippen molar-refractivity contribution in [3.05, 3.63) is 139 Å². The van der Waals surface area contributed by atoms with Crippen LogP contribution in [-0.2, 0) is 20.1 Å². The first kappa shape index (κ1) is 34.1. The molecule has 0 aliphatic rings. The fourth-order valence-corrected chi connectivity index (χ4v) is 6.43. The van der Waals surface area contributed by atoms with Crippen molar-refractivity contribution < 1.29 is 28.9 Å². The maximum Gasteiger partial charge on any atom is 0.131 e. The molecule has 3 aromatic heterocycles. The monoisotopic (exact) mass is 813 g/mol. The zero-order valence-corrected chi connectivity index (χ0v) is 30.9. The van der Waals surface area contributed by atoms with Gasteiger partial charge in [0, 0.05) is 43.4 Å². The predicted octanol–water partition coefficient (Wildman–Crippen LogP) is 10.8. The number of hydrogen-bond donors (Lipinski definition) is 0. The Morgan fingerprint density at radius 2 is 1.62 bits per heavy atom. The van der Waals surface area contributed by atoms with Gasteiger partial charge >= 0.3 is 0 Å². The smallest absolute Gasteiger partial charge is 0.131 e. The Balaban J connectivity index is 0.000000207. The van der Waals surface area contributed by atoms with E-state index < -0.39 is 8.07 Å². The standard InChI is InChI=1S/C26H19FNO.C15H18NSi.Ir/c1-16(2)17-12-13-28-24(14-17)22-8-5-7-21-20-11-10-18(15-25(20)29-26(21)22)19-6-3-4-9-23(19)27;1-12-5-7-13(8-6-12)15-10-9-14(11-16-15)17(2,3)4;/h3-7,9-16H,1-2H3;5-7,9-11H,1-4H3;/q2*-1;. The van der Waals surface area contributed by atoms with Crippen molar-refractivity contribution in [2.24, 2.45) is 0 Å². The summed E-state index contributed by atoms with van der Waals surface area (Å²) in [6.07, 6.45) is 3.85. The molecule has 1 radical (unpaired) electrons. The van der Waals surface area contributed by atoms with Crippen LogP contribution in [0, 0.1) is 24.9 Å². The second-order valence-corrected chi connectivity index (χ2v) is 18.1. The van der Waals surface area contributed by atoms with Crippen LogP contribution in [0.3, 0.4) is 0 Å². The number of fused-ring (bicyclic) bond motifs is 3. The van der Waals surface area contributed by atoms with Gasteiger partial charge in [-0.25, -0.2) is 4.39 Å². The Morgan fingerprint density at radius 1 is 0.809 bits per heavy atom. The van der Waals surface area contributed by atoms with E-state index in [0.717, 1.165) is 50.0 Å². The SMILES string of the molecule is CC(C)c1ccnc(-c2[c-]ccc3c2oc2cc(-c4ccccc4F)ccc23)c1.Cc1c[c-]c(-c2ccc([Si](C)(C)C)cn2)cc1.[Ir]. The van der Waals surface area contributed by atoms with Crippen LogP contribution < -0.4 is 5.19 Å². The number of hydrogen-bond acceptors (Lipinski definition) is 3. The average molecular weight is 813 g/mol. The molecule has 0 saturated carbocycles. The van der Waals surface area contributed by atoms with Crippen LogP contribution in [0.4, 0.5) is 4.39 Å². The van der Waals surface area contributed by atoms with Crippen LogP contribution in [0.1, 0.15) is 30.9 Å². The summed E-state index contributed by atoms with van der Waals surface area (Å²) in [5.41, 5.74) is 9.04. The predicted molar refractivity (Wildman–Crippen MR) is 191 cm³/mol. The summed E-state index contributed by atoms with van der Waals surface area (Å²) >= 11 is 0. The molecule has 6 heteroatoms. The number of nitrogens with zero attached hydrogens (tertiary/aromatic N) is 2. The largest absolute Gasteiger partial charge is 0.501 e. The molecule has 239 valence electrons. The summed E-state index contributed by atoms with van der Waals surface area (Å²) in [5, 5.41) is 3.40. The van der Waals surface area contributed by atoms with Gasteiger partial charge in [-0.2, -0.15) is 0 Å². The summed E-state index contributed by atoms with van der Waals surface area (Å²) in [4.78, 5) is 9.10. The minimum absolute atomic E-state index is 0. The molecule has 0 bridgehead atoms. The third-order valence-electron chi connectivity index (χ3n) is 8.20. The van der Waals surface area contributed by atoms with Crippen molar-refractivity contribution in [2.75, 3.05) is 0 Å². The van der Waals surface area contributed by atoms with E-state index in [1.165, 1.54) is 22.4 Å². The summed E-state index contributed by atoms with van der Waals surface area (Å²) in [7, 11) is -1.24. The minimum Gasteiger partial charge on any atom is -0.501 e. The first-order valence-electron chi connectivity index (χ1n) is 15.6. The fourth-order valence-electron chi connectivity index (χ4n) is 5.40. The van der Waals surface area contributed by atoms with Gasteiger partial charge in [-0.05, 0) is 46.3 Å². The molecule has 0 atom stereocenters. The third kappa shape index (κ3) is 7.52. The van der Waals surface area contributed by atoms with Crippen LogP contribution in [0.25, 0.3) is 55.6 Å². The Kier molecular flexibility index (Phi) is 10.4. The summed E-state index contributed by atoms with van der Waals surface area (Å²) in [5.74, 6) is 0.168. The molecule has 3 nitrogen and oxygen atoms in total. The molecule has 0 amide bonds. The van der Waals surface area contributed by atoms with Crippen molar-refractivity contribution >= 4 is 35.2 Å². The van der Waals surface area contributed by atoms with E-state index >= 15 is 0 Å². The maximum absolute atomic E-state index is 14.2. The van der Waals surface area contributed by atoms with Gasteiger partial charge in [0.1, 0.15) is 11.4 Å². The first-order chi connectivity index (χ1) is 22.1. The average Bonchev–Trinajstić information content (AvgIpc) is 3.43. The molecule has 0 N–H and O–H groups in total. The van der Waals surface area contributed by atoms with Gasteiger partial charge in [0.25, 0.3) is 0 Å². The van der Waals surface area contributed by atoms with Crippen molar-refractivity contribution in [3.8, 4) is 33.6 Å². The molecule has 0 saturated heterocycles. The van der Waals surface area contributed by atoms with Crippen molar-refractivity contribution in [1.29, 1.82) is 0 Å². The minimum atomic E-state index is -1.24. The van der Waals surface area contributed by atoms with Gasteiger partial charge in [-0.1, -0.05) is 105 Å². The van der Waals surface area contributed by atoms with Gasteiger partial charge in [-0.15, -0.1) is 53.6 Å². The van der Waals surface area contributed by atoms with Gasteiger partial charge in [0.15, 0.2) is 0 Å². The van der Waals surface area contributed by atoms with E-state index in [1.807, 2.05) is 60.9 Å². The number of pyridine rings is 2. The Morgan fingerprint density at radius 3 is 2.30 bits per heavy atom. The summed E-state index contributed by atoms with van der Waals surface area (Å²) in [6.45, 7) is 13.4. The molecule has 7 rings (SSSR count). The Hall–Kier alpha value is -4.22. The molecule has 0 unspecified atom stereocenters. The molecule has 0 aliphatic carbocycles. The Bertz CT molecular complexity index is 2130. The van der Waals surface area contributed by atoms with E-state index in [1.54, 1.807) is 12.1 Å². The molecule has 4 aromatic carbocycles. The maximum atomic E-state index is 14.2. The molecule has 3 heterocycles. The number of aromatic nitrogens is 2. The summed E-state index contributed by atoms with van der Waals surface area (Å²) < 4.78 is 20.5. The molecule has 0 aliphatic heterocycles. The van der Waals surface area contributed by atoms with Crippen LogP contribution >= 0.6 is 0 Å². The molecular formula is C41H37FIrN2OSi-2. The molecule has 0 fully saturated rings. The first-order valence-corrected chi connectivity index (χ1v) is 19.1. The van der Waals surface area contributed by atoms with Crippen molar-refractivity contribution in [2.45, 2.75) is 46.3 Å². The van der Waals surface area contributed by atoms with E-state index in [0.29, 0.717) is 11.5 Å². The van der Waals surface area contributed by atoms with Crippen molar-refractivity contribution in [3.63, 3.8) is 0 Å². The topological polar surface area (TPSA) is 38.9 Å². The molecule has 7 aromatic rings. The second kappa shape index (κ2) is 14.3. The van der Waals surface area contributed by atoms with Gasteiger partial charge in [0.05, 0.1) is 13.7 Å². The fraction of sp³-hybridized carbons (Fsp3) is 0.171. The normalized spacial score (nSPS) is 11.3. The van der Waals surface area contributed by atoms with Crippen LogP contribution in [-0.4, -0.2) is 18.0 Å². The van der Waals surface area contributed by atoms with Gasteiger partial charge in [0.2, 0.25) is 0 Å². The van der Waals surface area contributed by atoms with E-state index in [4.69, 9.17) is 4.42 Å². The Labute approximate surface area is 291 Å². The molecule has 0 spiro atoms. The molecular weight excluding hydrogens is 776 g/mol. The number of benzene rings is 4. The van der Waals surface area contributed by atoms with Crippen molar-refractivity contribution in [1.82, 2.24) is 9.97 Å². The number of rotatable bonds is 5. The van der Waals surface area contributed by atoms with Gasteiger partial charge in [-0.3, -0.25) is 0 Å². The van der Waals surface area contributed by atoms with Gasteiger partial charge < -0.3 is 14.4 Å². The zero-order valence-electron chi connectivity index (χ0n) is 27.5. The third-order valence-corrected chi connectivity index (χ3v) is 10.2. The van der Waals surface area contributed by atoms with Crippen LogP contribution in [0.15, 0.2) is 114 Å². The van der Waals surface area contributed by atoms with Crippen LogP contribution in [0.2, 0.25) is 19.6 Å². The van der Waals surface area contributed by atoms with E-state index in [9.17, 15) is 4.39 Å². The van der Waals surface area contributed by atoms with Crippen LogP contribution in [0.5, 0.6) is 0 Å². The number of furan rings is 1. The van der Waals surface area contributed by atoms with E-state index in [-0.39, 0.29) is 25.9 Å². The second-order valence-electron chi connectivity index (χ2n) is 13.0. The number of aryl methyl sites for hydroxylation is 1. The molecule has 47 heavy (non-hydrogen) atoms. The van der Waals surface area contributed by atoms with E-state index in [2.05, 4.69) is 92.8 Å². The number of halogens is 1. The zero-order chi connectivity index (χ0) is 32.4. The quantitative estimate of drug-likeness (QED) is 0.128.